The Hall–Kier alpha value is -2.21. The summed E-state index contributed by atoms with van der Waals surface area (Å²) in [4.78, 5) is 15.0. The highest BCUT2D eigenvalue weighted by Crippen LogP contribution is 2.18. The van der Waals surface area contributed by atoms with Crippen molar-refractivity contribution >= 4 is 33.3 Å². The molecule has 90 valence electrons. The van der Waals surface area contributed by atoms with E-state index < -0.39 is 0 Å². The normalized spacial score (nSPS) is 10.7. The van der Waals surface area contributed by atoms with E-state index in [1.807, 2.05) is 30.5 Å². The quantitative estimate of drug-likeness (QED) is 0.756. The van der Waals surface area contributed by atoms with Gasteiger partial charge in [0, 0.05) is 17.1 Å². The summed E-state index contributed by atoms with van der Waals surface area (Å²) < 4.78 is 0. The van der Waals surface area contributed by atoms with Crippen molar-refractivity contribution in [1.82, 2.24) is 15.2 Å². The molecule has 0 aliphatic carbocycles. The van der Waals surface area contributed by atoms with Crippen molar-refractivity contribution in [3.05, 3.63) is 41.5 Å². The molecule has 0 bridgehead atoms. The van der Waals surface area contributed by atoms with Crippen LogP contribution < -0.4 is 5.32 Å². The fourth-order valence-electron chi connectivity index (χ4n) is 1.87. The zero-order valence-corrected chi connectivity index (χ0v) is 10.2. The van der Waals surface area contributed by atoms with Crippen molar-refractivity contribution < 1.29 is 4.79 Å². The molecule has 3 aromatic rings. The number of hydrogen-bond donors (Lipinski definition) is 2. The fourth-order valence-corrected chi connectivity index (χ4v) is 2.33. The zero-order valence-electron chi connectivity index (χ0n) is 9.38. The molecule has 0 saturated heterocycles. The minimum Gasteiger partial charge on any atom is -0.361 e. The van der Waals surface area contributed by atoms with E-state index in [1.165, 1.54) is 11.3 Å². The molecule has 0 atom stereocenters. The molecule has 2 N–H and O–H groups in total. The number of nitrogens with one attached hydrogen (secondary N) is 2. The van der Waals surface area contributed by atoms with Crippen molar-refractivity contribution in [2.45, 2.75) is 6.42 Å². The topological polar surface area (TPSA) is 70.7 Å². The van der Waals surface area contributed by atoms with Crippen LogP contribution in [0.2, 0.25) is 0 Å². The van der Waals surface area contributed by atoms with Crippen LogP contribution >= 0.6 is 11.3 Å². The largest absolute Gasteiger partial charge is 0.361 e. The molecule has 0 aliphatic rings. The molecule has 1 aromatic carbocycles. The Bertz CT molecular complexity index is 674. The van der Waals surface area contributed by atoms with Crippen molar-refractivity contribution in [1.29, 1.82) is 0 Å². The van der Waals surface area contributed by atoms with Gasteiger partial charge in [-0.2, -0.15) is 0 Å². The summed E-state index contributed by atoms with van der Waals surface area (Å²) in [5, 5.41) is 11.8. The minimum absolute atomic E-state index is 0.0829. The average Bonchev–Trinajstić information content (AvgIpc) is 2.99. The molecule has 5 nitrogen and oxygen atoms in total. The fraction of sp³-hybridized carbons (Fsp3) is 0.0833. The van der Waals surface area contributed by atoms with Crippen LogP contribution in [-0.4, -0.2) is 21.1 Å². The third-order valence-electron chi connectivity index (χ3n) is 2.64. The summed E-state index contributed by atoms with van der Waals surface area (Å²) in [6.45, 7) is 0. The highest BCUT2D eigenvalue weighted by atomic mass is 32.1. The molecule has 6 heteroatoms. The van der Waals surface area contributed by atoms with Gasteiger partial charge in [0.2, 0.25) is 11.0 Å². The third-order valence-corrected chi connectivity index (χ3v) is 3.25. The number of nitrogens with zero attached hydrogens (tertiary/aromatic N) is 2. The Kier molecular flexibility index (Phi) is 2.77. The van der Waals surface area contributed by atoms with E-state index in [-0.39, 0.29) is 5.91 Å². The van der Waals surface area contributed by atoms with Gasteiger partial charge in [0.25, 0.3) is 0 Å². The molecule has 0 unspecified atom stereocenters. The molecule has 3 rings (SSSR count). The van der Waals surface area contributed by atoms with Gasteiger partial charge in [-0.15, -0.1) is 10.2 Å². The second kappa shape index (κ2) is 4.58. The van der Waals surface area contributed by atoms with Crippen LogP contribution in [0.4, 0.5) is 5.13 Å². The van der Waals surface area contributed by atoms with E-state index in [4.69, 9.17) is 0 Å². The number of fused-ring (bicyclic) bond motifs is 1. The maximum atomic E-state index is 11.9. The predicted molar refractivity (Wildman–Crippen MR) is 70.5 cm³/mol. The Morgan fingerprint density at radius 1 is 1.39 bits per heavy atom. The first kappa shape index (κ1) is 10.9. The smallest absolute Gasteiger partial charge is 0.230 e. The highest BCUT2D eigenvalue weighted by Gasteiger charge is 2.09. The lowest BCUT2D eigenvalue weighted by molar-refractivity contribution is -0.115. The molecule has 0 aliphatic heterocycles. The standard InChI is InChI=1S/C12H10N4OS/c17-11(15-12-16-14-7-18-12)6-8-2-1-3-10-9(8)4-5-13-10/h1-5,7,13H,6H2,(H,15,16,17). The lowest BCUT2D eigenvalue weighted by Gasteiger charge is -2.03. The number of benzene rings is 1. The Morgan fingerprint density at radius 2 is 2.33 bits per heavy atom. The zero-order chi connectivity index (χ0) is 12.4. The Labute approximate surface area is 107 Å². The monoisotopic (exact) mass is 258 g/mol. The van der Waals surface area contributed by atoms with Crippen LogP contribution in [0.3, 0.4) is 0 Å². The molecule has 18 heavy (non-hydrogen) atoms. The molecule has 0 saturated carbocycles. The van der Waals surface area contributed by atoms with Crippen LogP contribution in [-0.2, 0) is 11.2 Å². The number of rotatable bonds is 3. The molecule has 1 amide bonds. The molecule has 0 spiro atoms. The molecule has 2 aromatic heterocycles. The van der Waals surface area contributed by atoms with Gasteiger partial charge >= 0.3 is 0 Å². The van der Waals surface area contributed by atoms with Gasteiger partial charge in [0.15, 0.2) is 0 Å². The number of H-pyrrole nitrogens is 1. The van der Waals surface area contributed by atoms with Crippen molar-refractivity contribution in [3.63, 3.8) is 0 Å². The van der Waals surface area contributed by atoms with Gasteiger partial charge in [-0.3, -0.25) is 4.79 Å². The minimum atomic E-state index is -0.0829. The first-order valence-corrected chi connectivity index (χ1v) is 6.32. The van der Waals surface area contributed by atoms with E-state index in [2.05, 4.69) is 20.5 Å². The second-order valence-corrected chi connectivity index (χ2v) is 4.66. The van der Waals surface area contributed by atoms with Crippen molar-refractivity contribution in [2.24, 2.45) is 0 Å². The summed E-state index contributed by atoms with van der Waals surface area (Å²) in [6, 6.07) is 7.85. The van der Waals surface area contributed by atoms with Crippen LogP contribution in [0, 0.1) is 0 Å². The SMILES string of the molecule is O=C(Cc1cccc2[nH]ccc12)Nc1nncs1. The Morgan fingerprint density at radius 3 is 3.17 bits per heavy atom. The lowest BCUT2D eigenvalue weighted by Crippen LogP contribution is -2.14. The number of carbonyl (C=O) groups excluding carboxylic acids is 1. The van der Waals surface area contributed by atoms with Gasteiger partial charge in [0.1, 0.15) is 5.51 Å². The number of anilines is 1. The van der Waals surface area contributed by atoms with Gasteiger partial charge in [-0.25, -0.2) is 0 Å². The first-order chi connectivity index (χ1) is 8.83. The predicted octanol–water partition coefficient (Wildman–Crippen LogP) is 2.20. The number of amides is 1. The number of aromatic amines is 1. The number of aromatic nitrogens is 3. The lowest BCUT2D eigenvalue weighted by atomic mass is 10.1. The maximum absolute atomic E-state index is 11.9. The van der Waals surface area contributed by atoms with E-state index in [0.29, 0.717) is 11.6 Å². The van der Waals surface area contributed by atoms with Gasteiger partial charge < -0.3 is 10.3 Å². The van der Waals surface area contributed by atoms with E-state index in [0.717, 1.165) is 16.5 Å². The third kappa shape index (κ3) is 2.10. The molecule has 0 fully saturated rings. The summed E-state index contributed by atoms with van der Waals surface area (Å²) in [6.07, 6.45) is 2.20. The molecule has 0 radical (unpaired) electrons. The van der Waals surface area contributed by atoms with Crippen molar-refractivity contribution in [2.75, 3.05) is 5.32 Å². The van der Waals surface area contributed by atoms with E-state index in [9.17, 15) is 4.79 Å². The van der Waals surface area contributed by atoms with E-state index >= 15 is 0 Å². The van der Waals surface area contributed by atoms with Crippen LogP contribution in [0.15, 0.2) is 36.0 Å². The molecule has 2 heterocycles. The summed E-state index contributed by atoms with van der Waals surface area (Å²) >= 11 is 1.31. The highest BCUT2D eigenvalue weighted by molar-refractivity contribution is 7.13. The summed E-state index contributed by atoms with van der Waals surface area (Å²) in [5.74, 6) is -0.0829. The van der Waals surface area contributed by atoms with Gasteiger partial charge in [-0.05, 0) is 17.7 Å². The number of carbonyl (C=O) groups is 1. The van der Waals surface area contributed by atoms with Gasteiger partial charge in [-0.1, -0.05) is 23.5 Å². The molecular weight excluding hydrogens is 248 g/mol. The average molecular weight is 258 g/mol. The maximum Gasteiger partial charge on any atom is 0.230 e. The van der Waals surface area contributed by atoms with Crippen LogP contribution in [0.5, 0.6) is 0 Å². The number of hydrogen-bond acceptors (Lipinski definition) is 4. The van der Waals surface area contributed by atoms with Crippen LogP contribution in [0.25, 0.3) is 10.9 Å². The van der Waals surface area contributed by atoms with Crippen molar-refractivity contribution in [3.8, 4) is 0 Å². The summed E-state index contributed by atoms with van der Waals surface area (Å²) in [5.41, 5.74) is 3.62. The Balaban J connectivity index is 1.80. The summed E-state index contributed by atoms with van der Waals surface area (Å²) in [7, 11) is 0. The molecular formula is C12H10N4OS. The second-order valence-electron chi connectivity index (χ2n) is 3.82. The van der Waals surface area contributed by atoms with Crippen LogP contribution in [0.1, 0.15) is 5.56 Å². The van der Waals surface area contributed by atoms with E-state index in [1.54, 1.807) is 5.51 Å². The first-order valence-electron chi connectivity index (χ1n) is 5.44. The van der Waals surface area contributed by atoms with Gasteiger partial charge in [0.05, 0.1) is 6.42 Å².